The van der Waals surface area contributed by atoms with Gasteiger partial charge in [-0.05, 0) is 25.8 Å². The van der Waals surface area contributed by atoms with Crippen molar-refractivity contribution in [1.82, 2.24) is 9.78 Å². The number of rotatable bonds is 4. The zero-order valence-electron chi connectivity index (χ0n) is 9.21. The third-order valence-corrected chi connectivity index (χ3v) is 2.29. The maximum Gasteiger partial charge on any atom is 0.269 e. The van der Waals surface area contributed by atoms with Crippen LogP contribution in [0, 0.1) is 0 Å². The van der Waals surface area contributed by atoms with Crippen molar-refractivity contribution >= 4 is 0 Å². The molecule has 0 radical (unpaired) electrons. The minimum atomic E-state index is 0.0647. The standard InChI is InChI=1S/C11H18N2O/c1-4-7-10-8-9(5-2)11(14)13(6-3)12-10/h8H,4-7H2,1-3H3. The van der Waals surface area contributed by atoms with Crippen molar-refractivity contribution in [1.29, 1.82) is 0 Å². The van der Waals surface area contributed by atoms with E-state index in [2.05, 4.69) is 12.0 Å². The smallest absolute Gasteiger partial charge is 0.268 e. The molecule has 0 saturated carbocycles. The Morgan fingerprint density at radius 3 is 2.57 bits per heavy atom. The van der Waals surface area contributed by atoms with Crippen molar-refractivity contribution in [3.8, 4) is 0 Å². The summed E-state index contributed by atoms with van der Waals surface area (Å²) in [6.45, 7) is 6.73. The van der Waals surface area contributed by atoms with Gasteiger partial charge in [-0.25, -0.2) is 4.68 Å². The lowest BCUT2D eigenvalue weighted by atomic mass is 10.1. The van der Waals surface area contributed by atoms with Gasteiger partial charge < -0.3 is 0 Å². The van der Waals surface area contributed by atoms with E-state index in [0.29, 0.717) is 6.54 Å². The second kappa shape index (κ2) is 4.94. The summed E-state index contributed by atoms with van der Waals surface area (Å²) in [6.07, 6.45) is 2.81. The van der Waals surface area contributed by atoms with E-state index < -0.39 is 0 Å². The maximum atomic E-state index is 11.7. The fourth-order valence-corrected chi connectivity index (χ4v) is 1.50. The minimum absolute atomic E-state index is 0.0647. The van der Waals surface area contributed by atoms with E-state index in [1.165, 1.54) is 0 Å². The Morgan fingerprint density at radius 1 is 1.36 bits per heavy atom. The van der Waals surface area contributed by atoms with Gasteiger partial charge in [-0.3, -0.25) is 4.79 Å². The normalized spacial score (nSPS) is 10.5. The van der Waals surface area contributed by atoms with Gasteiger partial charge in [0.05, 0.1) is 5.69 Å². The highest BCUT2D eigenvalue weighted by atomic mass is 16.1. The predicted octanol–water partition coefficient (Wildman–Crippen LogP) is 1.78. The number of aryl methyl sites for hydroxylation is 3. The van der Waals surface area contributed by atoms with Crippen molar-refractivity contribution in [2.75, 3.05) is 0 Å². The Labute approximate surface area is 84.8 Å². The van der Waals surface area contributed by atoms with E-state index in [4.69, 9.17) is 0 Å². The average Bonchev–Trinajstić information content (AvgIpc) is 2.20. The summed E-state index contributed by atoms with van der Waals surface area (Å²) < 4.78 is 1.56. The van der Waals surface area contributed by atoms with E-state index in [0.717, 1.165) is 30.5 Å². The van der Waals surface area contributed by atoms with Crippen molar-refractivity contribution in [3.63, 3.8) is 0 Å². The first-order valence-electron chi connectivity index (χ1n) is 5.32. The first-order chi connectivity index (χ1) is 6.72. The van der Waals surface area contributed by atoms with Gasteiger partial charge >= 0.3 is 0 Å². The Hall–Kier alpha value is -1.12. The number of hydrogen-bond acceptors (Lipinski definition) is 2. The molecule has 0 N–H and O–H groups in total. The molecule has 0 aliphatic heterocycles. The fraction of sp³-hybridized carbons (Fsp3) is 0.636. The van der Waals surface area contributed by atoms with Crippen LogP contribution in [0.5, 0.6) is 0 Å². The Morgan fingerprint density at radius 2 is 2.07 bits per heavy atom. The molecule has 3 heteroatoms. The first-order valence-corrected chi connectivity index (χ1v) is 5.32. The summed E-state index contributed by atoms with van der Waals surface area (Å²) in [4.78, 5) is 11.7. The van der Waals surface area contributed by atoms with Crippen LogP contribution in [-0.4, -0.2) is 9.78 Å². The number of hydrogen-bond donors (Lipinski definition) is 0. The third kappa shape index (κ3) is 2.22. The first kappa shape index (κ1) is 11.0. The van der Waals surface area contributed by atoms with Crippen LogP contribution in [0.4, 0.5) is 0 Å². The van der Waals surface area contributed by atoms with Crippen molar-refractivity contribution < 1.29 is 0 Å². The van der Waals surface area contributed by atoms with Crippen LogP contribution in [0.15, 0.2) is 10.9 Å². The molecule has 78 valence electrons. The van der Waals surface area contributed by atoms with Gasteiger partial charge in [0.25, 0.3) is 5.56 Å². The van der Waals surface area contributed by atoms with Gasteiger partial charge in [0, 0.05) is 12.1 Å². The van der Waals surface area contributed by atoms with E-state index in [-0.39, 0.29) is 5.56 Å². The molecule has 0 spiro atoms. The highest BCUT2D eigenvalue weighted by molar-refractivity contribution is 5.13. The third-order valence-electron chi connectivity index (χ3n) is 2.29. The topological polar surface area (TPSA) is 34.9 Å². The van der Waals surface area contributed by atoms with Crippen LogP contribution in [0.25, 0.3) is 0 Å². The van der Waals surface area contributed by atoms with Crippen LogP contribution in [0.2, 0.25) is 0 Å². The second-order valence-corrected chi connectivity index (χ2v) is 3.39. The molecule has 0 amide bonds. The zero-order chi connectivity index (χ0) is 10.6. The summed E-state index contributed by atoms with van der Waals surface area (Å²) in [5.41, 5.74) is 1.98. The highest BCUT2D eigenvalue weighted by Crippen LogP contribution is 2.01. The number of aromatic nitrogens is 2. The average molecular weight is 194 g/mol. The van der Waals surface area contributed by atoms with Gasteiger partial charge in [-0.1, -0.05) is 20.3 Å². The van der Waals surface area contributed by atoms with Crippen LogP contribution in [-0.2, 0) is 19.4 Å². The lowest BCUT2D eigenvalue weighted by Gasteiger charge is -2.06. The molecule has 1 heterocycles. The highest BCUT2D eigenvalue weighted by Gasteiger charge is 2.04. The van der Waals surface area contributed by atoms with Gasteiger partial charge in [-0.15, -0.1) is 0 Å². The van der Waals surface area contributed by atoms with Crippen LogP contribution in [0.3, 0.4) is 0 Å². The maximum absolute atomic E-state index is 11.7. The van der Waals surface area contributed by atoms with Crippen molar-refractivity contribution in [2.45, 2.75) is 46.6 Å². The van der Waals surface area contributed by atoms with E-state index >= 15 is 0 Å². The van der Waals surface area contributed by atoms with E-state index in [9.17, 15) is 4.79 Å². The monoisotopic (exact) mass is 194 g/mol. The molecule has 0 unspecified atom stereocenters. The molecule has 0 aliphatic carbocycles. The summed E-state index contributed by atoms with van der Waals surface area (Å²) in [5, 5.41) is 4.29. The van der Waals surface area contributed by atoms with Crippen LogP contribution in [0.1, 0.15) is 38.4 Å². The van der Waals surface area contributed by atoms with Gasteiger partial charge in [0.15, 0.2) is 0 Å². The molecule has 0 atom stereocenters. The van der Waals surface area contributed by atoms with Gasteiger partial charge in [0.2, 0.25) is 0 Å². The second-order valence-electron chi connectivity index (χ2n) is 3.39. The fourth-order valence-electron chi connectivity index (χ4n) is 1.50. The zero-order valence-corrected chi connectivity index (χ0v) is 9.21. The van der Waals surface area contributed by atoms with E-state index in [1.807, 2.05) is 19.9 Å². The molecule has 0 saturated heterocycles. The Bertz CT molecular complexity index is 327. The molecule has 1 rings (SSSR count). The number of nitrogens with zero attached hydrogens (tertiary/aromatic N) is 2. The predicted molar refractivity (Wildman–Crippen MR) is 57.5 cm³/mol. The molecule has 1 aromatic rings. The Kier molecular flexibility index (Phi) is 3.86. The molecule has 0 bridgehead atoms. The quantitative estimate of drug-likeness (QED) is 0.732. The summed E-state index contributed by atoms with van der Waals surface area (Å²) >= 11 is 0. The molecule has 0 fully saturated rings. The van der Waals surface area contributed by atoms with Crippen LogP contribution < -0.4 is 5.56 Å². The molecular weight excluding hydrogens is 176 g/mol. The van der Waals surface area contributed by atoms with Crippen molar-refractivity contribution in [3.05, 3.63) is 27.7 Å². The lowest BCUT2D eigenvalue weighted by molar-refractivity contribution is 0.587. The van der Waals surface area contributed by atoms with Crippen LogP contribution >= 0.6 is 0 Å². The van der Waals surface area contributed by atoms with Gasteiger partial charge in [-0.2, -0.15) is 5.10 Å². The molecule has 0 aromatic carbocycles. The van der Waals surface area contributed by atoms with E-state index in [1.54, 1.807) is 4.68 Å². The minimum Gasteiger partial charge on any atom is -0.268 e. The molecule has 14 heavy (non-hydrogen) atoms. The summed E-state index contributed by atoms with van der Waals surface area (Å²) in [7, 11) is 0. The molecule has 1 aromatic heterocycles. The Balaban J connectivity index is 3.18. The lowest BCUT2D eigenvalue weighted by Crippen LogP contribution is -2.26. The SMILES string of the molecule is CCCc1cc(CC)c(=O)n(CC)n1. The summed E-state index contributed by atoms with van der Waals surface area (Å²) in [6, 6.07) is 1.94. The van der Waals surface area contributed by atoms with Gasteiger partial charge in [0.1, 0.15) is 0 Å². The molecular formula is C11H18N2O. The summed E-state index contributed by atoms with van der Waals surface area (Å²) in [5.74, 6) is 0. The molecule has 0 aliphatic rings. The largest absolute Gasteiger partial charge is 0.269 e. The van der Waals surface area contributed by atoms with Crippen molar-refractivity contribution in [2.24, 2.45) is 0 Å². The molecule has 3 nitrogen and oxygen atoms in total.